The Kier molecular flexibility index (Phi) is 8.44. The highest BCUT2D eigenvalue weighted by atomic mass is 16.5. The van der Waals surface area contributed by atoms with Gasteiger partial charge in [-0.1, -0.05) is 36.6 Å². The van der Waals surface area contributed by atoms with E-state index in [1.807, 2.05) is 18.2 Å². The summed E-state index contributed by atoms with van der Waals surface area (Å²) in [4.78, 5) is 0. The summed E-state index contributed by atoms with van der Waals surface area (Å²) in [7, 11) is 0. The quantitative estimate of drug-likeness (QED) is 0.812. The molecule has 0 saturated carbocycles. The van der Waals surface area contributed by atoms with Gasteiger partial charge in [0.1, 0.15) is 11.9 Å². The van der Waals surface area contributed by atoms with Crippen molar-refractivity contribution < 1.29 is 14.6 Å². The van der Waals surface area contributed by atoms with Crippen LogP contribution in [0.15, 0.2) is 55.2 Å². The second-order valence-electron chi connectivity index (χ2n) is 6.17. The number of nitrogens with two attached hydrogens (primary N) is 1. The second-order valence-corrected chi connectivity index (χ2v) is 6.17. The van der Waals surface area contributed by atoms with Crippen LogP contribution in [0.4, 0.5) is 0 Å². The van der Waals surface area contributed by atoms with Crippen LogP contribution >= 0.6 is 0 Å². The number of aliphatic hydroxyl groups excluding tert-OH is 1. The molecule has 1 heterocycles. The van der Waals surface area contributed by atoms with Crippen LogP contribution in [0.1, 0.15) is 24.0 Å². The maximum Gasteiger partial charge on any atom is 0.124 e. The Balaban J connectivity index is 0.000000817. The van der Waals surface area contributed by atoms with E-state index in [1.165, 1.54) is 6.20 Å². The molecular formula is C23H27NO3. The molecule has 142 valence electrons. The molecule has 4 nitrogen and oxygen atoms in total. The average molecular weight is 365 g/mol. The van der Waals surface area contributed by atoms with Gasteiger partial charge >= 0.3 is 0 Å². The molecule has 3 N–H and O–H groups in total. The molecule has 0 amide bonds. The average Bonchev–Trinajstić information content (AvgIpc) is 3.18. The molecule has 1 fully saturated rings. The first-order valence-corrected chi connectivity index (χ1v) is 9.05. The monoisotopic (exact) mass is 365 g/mol. The van der Waals surface area contributed by atoms with Crippen molar-refractivity contribution in [2.24, 2.45) is 5.73 Å². The molecule has 0 bridgehead atoms. The summed E-state index contributed by atoms with van der Waals surface area (Å²) >= 11 is 0. The standard InChI is InChI=1S/C21H22O3.C2H5N/c1-16-14-19(9-10-21(16)24-20-11-13-23-15-20)18-7-5-17(6-8-18)4-2-3-12-22;1-2-3/h5-10,14,20,22H,3,11-13,15H2,1H3;2H,1,3H2. The van der Waals surface area contributed by atoms with Gasteiger partial charge in [0, 0.05) is 18.4 Å². The number of ether oxygens (including phenoxy) is 2. The van der Waals surface area contributed by atoms with E-state index in [1.54, 1.807) is 0 Å². The topological polar surface area (TPSA) is 64.7 Å². The third-order valence-electron chi connectivity index (χ3n) is 4.04. The van der Waals surface area contributed by atoms with Crippen molar-refractivity contribution >= 4 is 0 Å². The summed E-state index contributed by atoms with van der Waals surface area (Å²) in [6.07, 6.45) is 2.89. The highest BCUT2D eigenvalue weighted by Crippen LogP contribution is 2.28. The van der Waals surface area contributed by atoms with E-state index in [2.05, 4.69) is 55.3 Å². The Morgan fingerprint density at radius 2 is 1.96 bits per heavy atom. The molecule has 2 aromatic rings. The fourth-order valence-corrected chi connectivity index (χ4v) is 2.71. The van der Waals surface area contributed by atoms with Crippen LogP contribution in [-0.2, 0) is 4.74 Å². The van der Waals surface area contributed by atoms with Crippen molar-refractivity contribution in [2.75, 3.05) is 19.8 Å². The predicted octanol–water partition coefficient (Wildman–Crippen LogP) is 3.65. The van der Waals surface area contributed by atoms with Gasteiger partial charge in [0.15, 0.2) is 0 Å². The van der Waals surface area contributed by atoms with Gasteiger partial charge in [-0.05, 0) is 54.1 Å². The molecule has 0 spiro atoms. The number of hydrogen-bond donors (Lipinski definition) is 2. The zero-order valence-corrected chi connectivity index (χ0v) is 15.8. The van der Waals surface area contributed by atoms with E-state index in [0.29, 0.717) is 13.0 Å². The van der Waals surface area contributed by atoms with Gasteiger partial charge in [0.25, 0.3) is 0 Å². The van der Waals surface area contributed by atoms with E-state index >= 15 is 0 Å². The molecular weight excluding hydrogens is 338 g/mol. The van der Waals surface area contributed by atoms with Gasteiger partial charge in [-0.25, -0.2) is 0 Å². The van der Waals surface area contributed by atoms with E-state index in [4.69, 9.17) is 14.6 Å². The molecule has 1 saturated heterocycles. The summed E-state index contributed by atoms with van der Waals surface area (Å²) in [6, 6.07) is 14.4. The van der Waals surface area contributed by atoms with Crippen molar-refractivity contribution in [3.8, 4) is 28.7 Å². The number of rotatable bonds is 4. The van der Waals surface area contributed by atoms with Crippen molar-refractivity contribution in [1.29, 1.82) is 0 Å². The molecule has 0 aromatic heterocycles. The lowest BCUT2D eigenvalue weighted by Crippen LogP contribution is -2.16. The Labute approximate surface area is 161 Å². The maximum atomic E-state index is 8.76. The smallest absolute Gasteiger partial charge is 0.124 e. The second kappa shape index (κ2) is 11.1. The lowest BCUT2D eigenvalue weighted by molar-refractivity contribution is 0.141. The predicted molar refractivity (Wildman–Crippen MR) is 109 cm³/mol. The normalized spacial score (nSPS) is 15.1. The Morgan fingerprint density at radius 1 is 1.26 bits per heavy atom. The molecule has 0 radical (unpaired) electrons. The van der Waals surface area contributed by atoms with Crippen LogP contribution in [0.5, 0.6) is 5.75 Å². The number of hydrogen-bond acceptors (Lipinski definition) is 4. The molecule has 4 heteroatoms. The van der Waals surface area contributed by atoms with Crippen molar-refractivity contribution in [3.05, 3.63) is 66.4 Å². The van der Waals surface area contributed by atoms with E-state index in [9.17, 15) is 0 Å². The van der Waals surface area contributed by atoms with E-state index in [-0.39, 0.29) is 12.7 Å². The number of benzene rings is 2. The molecule has 27 heavy (non-hydrogen) atoms. The van der Waals surface area contributed by atoms with Gasteiger partial charge in [0.2, 0.25) is 0 Å². The Morgan fingerprint density at radius 3 is 2.56 bits per heavy atom. The number of aryl methyl sites for hydroxylation is 1. The van der Waals surface area contributed by atoms with Gasteiger partial charge in [0.05, 0.1) is 19.8 Å². The largest absolute Gasteiger partial charge is 0.488 e. The first-order valence-electron chi connectivity index (χ1n) is 9.05. The molecule has 3 rings (SSSR count). The summed E-state index contributed by atoms with van der Waals surface area (Å²) in [5.74, 6) is 6.91. The fourth-order valence-electron chi connectivity index (χ4n) is 2.71. The highest BCUT2D eigenvalue weighted by Gasteiger charge is 2.18. The van der Waals surface area contributed by atoms with Crippen LogP contribution in [0.25, 0.3) is 11.1 Å². The minimum atomic E-state index is 0.103. The van der Waals surface area contributed by atoms with Crippen LogP contribution in [0.2, 0.25) is 0 Å². The first-order chi connectivity index (χ1) is 13.2. The third kappa shape index (κ3) is 6.49. The van der Waals surface area contributed by atoms with E-state index in [0.717, 1.165) is 41.0 Å². The van der Waals surface area contributed by atoms with Crippen molar-refractivity contribution in [1.82, 2.24) is 0 Å². The molecule has 1 unspecified atom stereocenters. The number of aliphatic hydroxyl groups is 1. The molecule has 1 aliphatic heterocycles. The Hall–Kier alpha value is -2.74. The third-order valence-corrected chi connectivity index (χ3v) is 4.04. The lowest BCUT2D eigenvalue weighted by atomic mass is 10.0. The molecule has 1 aliphatic rings. The minimum absolute atomic E-state index is 0.103. The van der Waals surface area contributed by atoms with Crippen LogP contribution < -0.4 is 10.5 Å². The van der Waals surface area contributed by atoms with Crippen molar-refractivity contribution in [3.63, 3.8) is 0 Å². The lowest BCUT2D eigenvalue weighted by Gasteiger charge is -2.15. The highest BCUT2D eigenvalue weighted by molar-refractivity contribution is 5.66. The van der Waals surface area contributed by atoms with E-state index < -0.39 is 0 Å². The Bertz CT molecular complexity index is 782. The zero-order chi connectivity index (χ0) is 19.5. The molecule has 2 aromatic carbocycles. The minimum Gasteiger partial charge on any atom is -0.488 e. The van der Waals surface area contributed by atoms with Gasteiger partial charge in [-0.3, -0.25) is 0 Å². The van der Waals surface area contributed by atoms with Crippen molar-refractivity contribution in [2.45, 2.75) is 25.9 Å². The van der Waals surface area contributed by atoms with Gasteiger partial charge in [-0.2, -0.15) is 0 Å². The zero-order valence-electron chi connectivity index (χ0n) is 15.8. The van der Waals surface area contributed by atoms with Gasteiger partial charge < -0.3 is 20.3 Å². The van der Waals surface area contributed by atoms with Gasteiger partial charge in [-0.15, -0.1) is 0 Å². The van der Waals surface area contributed by atoms with Crippen LogP contribution in [-0.4, -0.2) is 31.0 Å². The SMILES string of the molecule is C=CN.Cc1cc(-c2ccc(C#CCCO)cc2)ccc1OC1CCOC1. The summed E-state index contributed by atoms with van der Waals surface area (Å²) in [6.45, 7) is 6.78. The summed E-state index contributed by atoms with van der Waals surface area (Å²) in [5.41, 5.74) is 9.02. The van der Waals surface area contributed by atoms with Crippen LogP contribution in [0.3, 0.4) is 0 Å². The summed E-state index contributed by atoms with van der Waals surface area (Å²) < 4.78 is 11.4. The summed E-state index contributed by atoms with van der Waals surface area (Å²) in [5, 5.41) is 8.76. The van der Waals surface area contributed by atoms with Crippen LogP contribution in [0, 0.1) is 18.8 Å². The molecule has 1 atom stereocenters. The fraction of sp³-hybridized carbons (Fsp3) is 0.304. The first kappa shape index (κ1) is 20.6. The maximum absolute atomic E-state index is 8.76. The molecule has 0 aliphatic carbocycles.